The average molecular weight is 357 g/mol. The number of urea groups is 1. The monoisotopic (exact) mass is 357 g/mol. The molecule has 132 valence electrons. The summed E-state index contributed by atoms with van der Waals surface area (Å²) in [4.78, 5) is 19.0. The number of allylic oxidation sites excluding steroid dienone is 2. The minimum Gasteiger partial charge on any atom is -0.315 e. The van der Waals surface area contributed by atoms with Crippen molar-refractivity contribution in [3.05, 3.63) is 41.0 Å². The third-order valence-electron chi connectivity index (χ3n) is 4.80. The van der Waals surface area contributed by atoms with Crippen LogP contribution in [0.2, 0.25) is 0 Å². The fraction of sp³-hybridized carbons (Fsp3) is 0.500. The van der Waals surface area contributed by atoms with Gasteiger partial charge in [-0.25, -0.2) is 14.5 Å². The Morgan fingerprint density at radius 2 is 2.24 bits per heavy atom. The summed E-state index contributed by atoms with van der Waals surface area (Å²) in [6, 6.07) is 2.16. The summed E-state index contributed by atoms with van der Waals surface area (Å²) in [6.45, 7) is 1.43. The number of nitrogens with zero attached hydrogens (tertiary/aromatic N) is 4. The molecule has 0 unspecified atom stereocenters. The maximum absolute atomic E-state index is 12.8. The lowest BCUT2D eigenvalue weighted by atomic mass is 9.94. The molecule has 1 fully saturated rings. The summed E-state index contributed by atoms with van der Waals surface area (Å²) in [5, 5.41) is 10.4. The molecule has 1 atom stereocenters. The molecular weight excluding hydrogens is 334 g/mol. The van der Waals surface area contributed by atoms with Crippen LogP contribution in [0.5, 0.6) is 0 Å². The topological polar surface area (TPSA) is 63.1 Å². The number of carbonyl (C=O) groups is 1. The van der Waals surface area contributed by atoms with Crippen LogP contribution in [0.3, 0.4) is 0 Å². The number of anilines is 1. The molecule has 1 saturated carbocycles. The normalized spacial score (nSPS) is 19.8. The number of aromatic nitrogens is 3. The van der Waals surface area contributed by atoms with Crippen molar-refractivity contribution in [1.82, 2.24) is 19.7 Å². The quantitative estimate of drug-likeness (QED) is 0.798. The Balaban J connectivity index is 1.41. The average Bonchev–Trinajstić information content (AvgIpc) is 3.16. The van der Waals surface area contributed by atoms with E-state index in [4.69, 9.17) is 0 Å². The first-order valence-corrected chi connectivity index (χ1v) is 9.80. The number of hydrogen-bond donors (Lipinski definition) is 1. The largest absolute Gasteiger partial charge is 0.323 e. The van der Waals surface area contributed by atoms with Crippen LogP contribution in [-0.2, 0) is 13.1 Å². The van der Waals surface area contributed by atoms with Crippen molar-refractivity contribution in [2.24, 2.45) is 5.92 Å². The number of carbonyl (C=O) groups excluding carboxylic acids is 1. The molecule has 25 heavy (non-hydrogen) atoms. The standard InChI is InChI=1S/C18H23N5OS/c24-18(22(15-6-7-15)13-17-19-10-11-25-17)21-16-8-9-20-23(16)12-14-4-2-1-3-5-14/h1-2,8-11,14-15H,3-7,12-13H2,(H,21,24)/t14-/m0/s1. The van der Waals surface area contributed by atoms with Crippen LogP contribution in [0.25, 0.3) is 0 Å². The van der Waals surface area contributed by atoms with Crippen molar-refractivity contribution < 1.29 is 4.79 Å². The minimum absolute atomic E-state index is 0.0528. The SMILES string of the molecule is O=C(Nc1ccnn1C[C@H]1CC=CCC1)N(Cc1nccs1)C1CC1. The summed E-state index contributed by atoms with van der Waals surface area (Å²) in [5.74, 6) is 1.37. The van der Waals surface area contributed by atoms with E-state index in [-0.39, 0.29) is 6.03 Å². The zero-order chi connectivity index (χ0) is 17.1. The predicted molar refractivity (Wildman–Crippen MR) is 98.4 cm³/mol. The van der Waals surface area contributed by atoms with Crippen LogP contribution in [-0.4, -0.2) is 31.7 Å². The number of nitrogens with one attached hydrogen (secondary N) is 1. The lowest BCUT2D eigenvalue weighted by Gasteiger charge is -2.23. The molecule has 2 aromatic heterocycles. The molecule has 7 heteroatoms. The van der Waals surface area contributed by atoms with Crippen molar-refractivity contribution in [1.29, 1.82) is 0 Å². The van der Waals surface area contributed by atoms with Crippen molar-refractivity contribution in [3.8, 4) is 0 Å². The Kier molecular flexibility index (Phi) is 4.83. The fourth-order valence-corrected chi connectivity index (χ4v) is 3.88. The highest BCUT2D eigenvalue weighted by atomic mass is 32.1. The van der Waals surface area contributed by atoms with Gasteiger partial charge < -0.3 is 4.90 Å². The van der Waals surface area contributed by atoms with E-state index < -0.39 is 0 Å². The van der Waals surface area contributed by atoms with Crippen LogP contribution < -0.4 is 5.32 Å². The first kappa shape index (κ1) is 16.3. The lowest BCUT2D eigenvalue weighted by molar-refractivity contribution is 0.205. The van der Waals surface area contributed by atoms with E-state index in [1.54, 1.807) is 23.7 Å². The van der Waals surface area contributed by atoms with Crippen LogP contribution in [0, 0.1) is 5.92 Å². The van der Waals surface area contributed by atoms with Crippen molar-refractivity contribution in [2.75, 3.05) is 5.32 Å². The second kappa shape index (κ2) is 7.39. The van der Waals surface area contributed by atoms with E-state index in [1.165, 1.54) is 6.42 Å². The molecule has 2 heterocycles. The molecule has 6 nitrogen and oxygen atoms in total. The highest BCUT2D eigenvalue weighted by Crippen LogP contribution is 2.29. The van der Waals surface area contributed by atoms with Crippen molar-refractivity contribution >= 4 is 23.2 Å². The highest BCUT2D eigenvalue weighted by molar-refractivity contribution is 7.09. The van der Waals surface area contributed by atoms with Crippen molar-refractivity contribution in [3.63, 3.8) is 0 Å². The van der Waals surface area contributed by atoms with Gasteiger partial charge in [-0.3, -0.25) is 5.32 Å². The summed E-state index contributed by atoms with van der Waals surface area (Å²) >= 11 is 1.59. The third kappa shape index (κ3) is 4.10. The zero-order valence-corrected chi connectivity index (χ0v) is 15.0. The van der Waals surface area contributed by atoms with E-state index in [0.717, 1.165) is 43.1 Å². The van der Waals surface area contributed by atoms with Gasteiger partial charge in [-0.1, -0.05) is 12.2 Å². The van der Waals surface area contributed by atoms with E-state index in [2.05, 4.69) is 27.6 Å². The van der Waals surface area contributed by atoms with Gasteiger partial charge in [0, 0.05) is 30.2 Å². The third-order valence-corrected chi connectivity index (χ3v) is 5.56. The lowest BCUT2D eigenvalue weighted by Crippen LogP contribution is -2.37. The van der Waals surface area contributed by atoms with Gasteiger partial charge in [0.15, 0.2) is 0 Å². The molecular formula is C18H23N5OS. The van der Waals surface area contributed by atoms with Gasteiger partial charge in [-0.15, -0.1) is 11.3 Å². The van der Waals surface area contributed by atoms with Crippen LogP contribution in [0.4, 0.5) is 10.6 Å². The molecule has 0 aromatic carbocycles. The van der Waals surface area contributed by atoms with Crippen molar-refractivity contribution in [2.45, 2.75) is 51.2 Å². The maximum Gasteiger partial charge on any atom is 0.323 e. The Hall–Kier alpha value is -2.15. The molecule has 2 aromatic rings. The molecule has 0 saturated heterocycles. The van der Waals surface area contributed by atoms with Gasteiger partial charge in [0.2, 0.25) is 0 Å². The number of thiazole rings is 1. The first-order chi connectivity index (χ1) is 12.3. The first-order valence-electron chi connectivity index (χ1n) is 8.92. The Morgan fingerprint density at radius 3 is 2.96 bits per heavy atom. The summed E-state index contributed by atoms with van der Waals surface area (Å²) in [6.07, 6.45) is 13.6. The molecule has 0 bridgehead atoms. The second-order valence-corrected chi connectivity index (χ2v) is 7.74. The van der Waals surface area contributed by atoms with Gasteiger partial charge in [0.05, 0.1) is 12.7 Å². The number of rotatable bonds is 6. The Morgan fingerprint density at radius 1 is 1.32 bits per heavy atom. The molecule has 0 radical (unpaired) electrons. The van der Waals surface area contributed by atoms with Gasteiger partial charge in [-0.2, -0.15) is 5.10 Å². The Labute approximate surface area is 151 Å². The van der Waals surface area contributed by atoms with Gasteiger partial charge in [-0.05, 0) is 38.0 Å². The van der Waals surface area contributed by atoms with Crippen LogP contribution >= 0.6 is 11.3 Å². The molecule has 1 N–H and O–H groups in total. The second-order valence-electron chi connectivity index (χ2n) is 6.76. The zero-order valence-electron chi connectivity index (χ0n) is 14.2. The summed E-state index contributed by atoms with van der Waals surface area (Å²) < 4.78 is 1.93. The number of hydrogen-bond acceptors (Lipinski definition) is 4. The summed E-state index contributed by atoms with van der Waals surface area (Å²) in [5.41, 5.74) is 0. The number of amides is 2. The molecule has 2 aliphatic rings. The van der Waals surface area contributed by atoms with Crippen LogP contribution in [0.1, 0.15) is 37.1 Å². The molecule has 4 rings (SSSR count). The molecule has 0 spiro atoms. The fourth-order valence-electron chi connectivity index (χ4n) is 3.26. The van der Waals surface area contributed by atoms with Gasteiger partial charge >= 0.3 is 6.03 Å². The summed E-state index contributed by atoms with van der Waals surface area (Å²) in [7, 11) is 0. The predicted octanol–water partition coefficient (Wildman–Crippen LogP) is 3.89. The van der Waals surface area contributed by atoms with E-state index in [0.29, 0.717) is 18.5 Å². The van der Waals surface area contributed by atoms with Crippen LogP contribution in [0.15, 0.2) is 36.0 Å². The van der Waals surface area contributed by atoms with Gasteiger partial charge in [0.25, 0.3) is 0 Å². The maximum atomic E-state index is 12.8. The highest BCUT2D eigenvalue weighted by Gasteiger charge is 2.33. The minimum atomic E-state index is -0.0528. The van der Waals surface area contributed by atoms with E-state index in [9.17, 15) is 4.79 Å². The Bertz CT molecular complexity index is 734. The molecule has 0 aliphatic heterocycles. The molecule has 2 amide bonds. The molecule has 2 aliphatic carbocycles. The van der Waals surface area contributed by atoms with E-state index >= 15 is 0 Å². The van der Waals surface area contributed by atoms with Gasteiger partial charge in [0.1, 0.15) is 10.8 Å². The van der Waals surface area contributed by atoms with E-state index in [1.807, 2.05) is 21.0 Å². The smallest absolute Gasteiger partial charge is 0.315 e.